The maximum Gasteiger partial charge on any atom is 0.254 e. The van der Waals surface area contributed by atoms with Gasteiger partial charge < -0.3 is 9.80 Å². The molecule has 0 unspecified atom stereocenters. The van der Waals surface area contributed by atoms with E-state index in [1.165, 1.54) is 17.2 Å². The zero-order chi connectivity index (χ0) is 19.5. The summed E-state index contributed by atoms with van der Waals surface area (Å²) in [4.78, 5) is 29.0. The van der Waals surface area contributed by atoms with Gasteiger partial charge in [0.25, 0.3) is 5.91 Å². The van der Waals surface area contributed by atoms with Crippen LogP contribution in [0.4, 0.5) is 5.69 Å². The van der Waals surface area contributed by atoms with E-state index < -0.39 is 0 Å². The number of fused-ring (bicyclic) bond motifs is 1. The van der Waals surface area contributed by atoms with Crippen LogP contribution in [0.25, 0.3) is 5.57 Å². The van der Waals surface area contributed by atoms with Crippen molar-refractivity contribution in [3.05, 3.63) is 84.0 Å². The van der Waals surface area contributed by atoms with Crippen molar-refractivity contribution < 1.29 is 9.59 Å². The van der Waals surface area contributed by atoms with Crippen molar-refractivity contribution >= 4 is 23.1 Å². The SMILES string of the molecule is C=CC(=O)N1CCCc2c(C(=O)N3CC=C(c4ccccc4)CC3)cccc21. The predicted octanol–water partition coefficient (Wildman–Crippen LogP) is 4.08. The third-order valence-corrected chi connectivity index (χ3v) is 5.56. The Hall–Kier alpha value is -3.14. The molecular formula is C24H24N2O2. The van der Waals surface area contributed by atoms with Crippen molar-refractivity contribution in [2.24, 2.45) is 0 Å². The molecule has 4 nitrogen and oxygen atoms in total. The number of anilines is 1. The van der Waals surface area contributed by atoms with Crippen LogP contribution in [0.1, 0.15) is 34.3 Å². The smallest absolute Gasteiger partial charge is 0.254 e. The third-order valence-electron chi connectivity index (χ3n) is 5.56. The van der Waals surface area contributed by atoms with E-state index in [9.17, 15) is 9.59 Å². The Morgan fingerprint density at radius 2 is 1.79 bits per heavy atom. The zero-order valence-corrected chi connectivity index (χ0v) is 15.9. The van der Waals surface area contributed by atoms with Gasteiger partial charge in [-0.25, -0.2) is 0 Å². The molecule has 2 aliphatic rings. The fraction of sp³-hybridized carbons (Fsp3) is 0.250. The molecule has 2 amide bonds. The van der Waals surface area contributed by atoms with Gasteiger partial charge >= 0.3 is 0 Å². The number of amides is 2. The Labute approximate surface area is 165 Å². The topological polar surface area (TPSA) is 40.6 Å². The van der Waals surface area contributed by atoms with Crippen LogP contribution in [0.3, 0.4) is 0 Å². The minimum absolute atomic E-state index is 0.0492. The molecule has 4 rings (SSSR count). The summed E-state index contributed by atoms with van der Waals surface area (Å²) in [6, 6.07) is 16.0. The molecule has 142 valence electrons. The summed E-state index contributed by atoms with van der Waals surface area (Å²) < 4.78 is 0. The van der Waals surface area contributed by atoms with Gasteiger partial charge in [-0.15, -0.1) is 0 Å². The van der Waals surface area contributed by atoms with E-state index in [0.717, 1.165) is 36.1 Å². The molecule has 0 fully saturated rings. The van der Waals surface area contributed by atoms with Gasteiger partial charge in [0.2, 0.25) is 5.91 Å². The molecule has 28 heavy (non-hydrogen) atoms. The molecule has 0 radical (unpaired) electrons. The summed E-state index contributed by atoms with van der Waals surface area (Å²) >= 11 is 0. The van der Waals surface area contributed by atoms with E-state index in [-0.39, 0.29) is 11.8 Å². The molecule has 2 heterocycles. The van der Waals surface area contributed by atoms with Crippen molar-refractivity contribution in [1.29, 1.82) is 0 Å². The van der Waals surface area contributed by atoms with Gasteiger partial charge in [0.1, 0.15) is 0 Å². The Balaban J connectivity index is 1.57. The summed E-state index contributed by atoms with van der Waals surface area (Å²) in [5.41, 5.74) is 5.06. The minimum atomic E-state index is -0.112. The van der Waals surface area contributed by atoms with Crippen LogP contribution >= 0.6 is 0 Å². The Morgan fingerprint density at radius 1 is 0.964 bits per heavy atom. The van der Waals surface area contributed by atoms with E-state index >= 15 is 0 Å². The Kier molecular flexibility index (Phi) is 5.11. The van der Waals surface area contributed by atoms with Gasteiger partial charge in [0.15, 0.2) is 0 Å². The van der Waals surface area contributed by atoms with Crippen LogP contribution < -0.4 is 4.90 Å². The second-order valence-corrected chi connectivity index (χ2v) is 7.20. The van der Waals surface area contributed by atoms with Crippen molar-refractivity contribution in [2.45, 2.75) is 19.3 Å². The number of hydrogen-bond donors (Lipinski definition) is 0. The van der Waals surface area contributed by atoms with Crippen LogP contribution in [-0.4, -0.2) is 36.3 Å². The van der Waals surface area contributed by atoms with E-state index in [0.29, 0.717) is 19.6 Å². The maximum atomic E-state index is 13.2. The summed E-state index contributed by atoms with van der Waals surface area (Å²) in [6.07, 6.45) is 6.02. The molecule has 0 spiro atoms. The minimum Gasteiger partial charge on any atom is -0.335 e. The molecule has 0 N–H and O–H groups in total. The van der Waals surface area contributed by atoms with Gasteiger partial charge in [0.05, 0.1) is 0 Å². The first-order valence-corrected chi connectivity index (χ1v) is 9.78. The van der Waals surface area contributed by atoms with E-state index in [1.54, 1.807) is 4.90 Å². The lowest BCUT2D eigenvalue weighted by Gasteiger charge is -2.32. The molecule has 0 aliphatic carbocycles. The summed E-state index contributed by atoms with van der Waals surface area (Å²) in [6.45, 7) is 5.59. The van der Waals surface area contributed by atoms with Gasteiger partial charge in [-0.05, 0) is 54.2 Å². The van der Waals surface area contributed by atoms with Crippen LogP contribution in [0, 0.1) is 0 Å². The molecule has 2 aromatic rings. The number of hydrogen-bond acceptors (Lipinski definition) is 2. The Morgan fingerprint density at radius 3 is 2.50 bits per heavy atom. The average molecular weight is 372 g/mol. The number of carbonyl (C=O) groups is 2. The molecule has 0 aromatic heterocycles. The largest absolute Gasteiger partial charge is 0.335 e. The highest BCUT2D eigenvalue weighted by molar-refractivity contribution is 6.04. The first-order chi connectivity index (χ1) is 13.7. The molecule has 4 heteroatoms. The molecule has 0 bridgehead atoms. The lowest BCUT2D eigenvalue weighted by molar-refractivity contribution is -0.114. The van der Waals surface area contributed by atoms with Crippen LogP contribution in [0.15, 0.2) is 67.3 Å². The number of rotatable bonds is 3. The first-order valence-electron chi connectivity index (χ1n) is 9.78. The predicted molar refractivity (Wildman–Crippen MR) is 112 cm³/mol. The highest BCUT2D eigenvalue weighted by Gasteiger charge is 2.27. The van der Waals surface area contributed by atoms with Crippen LogP contribution in [0.2, 0.25) is 0 Å². The average Bonchev–Trinajstić information content (AvgIpc) is 2.78. The van der Waals surface area contributed by atoms with Crippen LogP contribution in [0.5, 0.6) is 0 Å². The van der Waals surface area contributed by atoms with E-state index in [2.05, 4.69) is 24.8 Å². The maximum absolute atomic E-state index is 13.2. The highest BCUT2D eigenvalue weighted by atomic mass is 16.2. The molecule has 2 aromatic carbocycles. The lowest BCUT2D eigenvalue weighted by Crippen LogP contribution is -2.38. The second kappa shape index (κ2) is 7.85. The fourth-order valence-electron chi connectivity index (χ4n) is 4.10. The van der Waals surface area contributed by atoms with Gasteiger partial charge in [0, 0.05) is 30.9 Å². The first kappa shape index (κ1) is 18.2. The number of carbonyl (C=O) groups excluding carboxylic acids is 2. The van der Waals surface area contributed by atoms with Gasteiger partial charge in [-0.3, -0.25) is 9.59 Å². The molecular weight excluding hydrogens is 348 g/mol. The normalized spacial score (nSPS) is 16.2. The van der Waals surface area contributed by atoms with Crippen molar-refractivity contribution in [3.8, 4) is 0 Å². The molecule has 2 aliphatic heterocycles. The summed E-state index contributed by atoms with van der Waals surface area (Å²) in [5.74, 6) is -0.0629. The Bertz CT molecular complexity index is 946. The number of nitrogens with zero attached hydrogens (tertiary/aromatic N) is 2. The van der Waals surface area contributed by atoms with E-state index in [1.807, 2.05) is 41.3 Å². The van der Waals surface area contributed by atoms with Gasteiger partial charge in [-0.2, -0.15) is 0 Å². The summed E-state index contributed by atoms with van der Waals surface area (Å²) in [7, 11) is 0. The monoisotopic (exact) mass is 372 g/mol. The number of benzene rings is 2. The molecule has 0 atom stereocenters. The molecule has 0 saturated heterocycles. The molecule has 0 saturated carbocycles. The fourth-order valence-corrected chi connectivity index (χ4v) is 4.10. The van der Waals surface area contributed by atoms with Crippen LogP contribution in [-0.2, 0) is 11.2 Å². The highest BCUT2D eigenvalue weighted by Crippen LogP contribution is 2.31. The van der Waals surface area contributed by atoms with E-state index in [4.69, 9.17) is 0 Å². The van der Waals surface area contributed by atoms with Gasteiger partial charge in [-0.1, -0.05) is 49.1 Å². The summed E-state index contributed by atoms with van der Waals surface area (Å²) in [5, 5.41) is 0. The van der Waals surface area contributed by atoms with Crippen molar-refractivity contribution in [1.82, 2.24) is 4.90 Å². The third kappa shape index (κ3) is 3.38. The quantitative estimate of drug-likeness (QED) is 0.762. The lowest BCUT2D eigenvalue weighted by atomic mass is 9.94. The van der Waals surface area contributed by atoms with Crippen molar-refractivity contribution in [2.75, 3.05) is 24.5 Å². The standard InChI is InChI=1S/C24H24N2O2/c1-2-23(27)26-15-7-11-20-21(10-6-12-22(20)26)24(28)25-16-13-19(14-17-25)18-8-4-3-5-9-18/h2-6,8-10,12-13H,1,7,11,14-17H2. The van der Waals surface area contributed by atoms with Crippen molar-refractivity contribution in [3.63, 3.8) is 0 Å². The second-order valence-electron chi connectivity index (χ2n) is 7.20. The zero-order valence-electron chi connectivity index (χ0n) is 15.9.